The van der Waals surface area contributed by atoms with Gasteiger partial charge in [0.2, 0.25) is 5.91 Å². The van der Waals surface area contributed by atoms with Crippen LogP contribution in [0.3, 0.4) is 0 Å². The smallest absolute Gasteiger partial charge is 0.304 e. The van der Waals surface area contributed by atoms with E-state index in [1.165, 1.54) is 20.1 Å². The number of hydrogen-bond acceptors (Lipinski definition) is 5. The number of carboxylic acids is 1. The number of ether oxygens (including phenoxy) is 1. The van der Waals surface area contributed by atoms with Crippen molar-refractivity contribution < 1.29 is 24.2 Å². The van der Waals surface area contributed by atoms with E-state index in [4.69, 9.17) is 21.4 Å². The van der Waals surface area contributed by atoms with E-state index < -0.39 is 5.97 Å². The van der Waals surface area contributed by atoms with Crippen LogP contribution in [0.25, 0.3) is 0 Å². The number of hydrogen-bond donors (Lipinski definition) is 3. The normalized spacial score (nSPS) is 23.5. The number of nitrogens with one attached hydrogen (secondary N) is 2. The summed E-state index contributed by atoms with van der Waals surface area (Å²) in [5.41, 5.74) is 0.703. The van der Waals surface area contributed by atoms with E-state index in [0.29, 0.717) is 23.5 Å². The number of anilines is 1. The van der Waals surface area contributed by atoms with Crippen LogP contribution in [0, 0.1) is 0 Å². The first kappa shape index (κ1) is 22.4. The van der Waals surface area contributed by atoms with E-state index in [0.717, 1.165) is 32.1 Å². The van der Waals surface area contributed by atoms with Crippen molar-refractivity contribution in [2.45, 2.75) is 63.6 Å². The number of carbonyl (C=O) groups is 3. The molecule has 0 spiro atoms. The van der Waals surface area contributed by atoms with E-state index in [-0.39, 0.29) is 41.4 Å². The van der Waals surface area contributed by atoms with Crippen molar-refractivity contribution in [3.63, 3.8) is 0 Å². The number of fused-ring (bicyclic) bond motifs is 2. The second-order valence-electron chi connectivity index (χ2n) is 7.98. The van der Waals surface area contributed by atoms with Crippen molar-refractivity contribution in [1.82, 2.24) is 10.2 Å². The van der Waals surface area contributed by atoms with Crippen LogP contribution >= 0.6 is 11.6 Å². The molecule has 2 atom stereocenters. The van der Waals surface area contributed by atoms with Crippen molar-refractivity contribution in [2.24, 2.45) is 0 Å². The number of aliphatic carboxylic acids is 1. The summed E-state index contributed by atoms with van der Waals surface area (Å²) in [5, 5.41) is 15.0. The number of amides is 2. The van der Waals surface area contributed by atoms with Gasteiger partial charge in [-0.25, -0.2) is 0 Å². The molecule has 1 aromatic rings. The molecular weight excluding hydrogens is 410 g/mol. The Kier molecular flexibility index (Phi) is 7.20. The molecule has 9 heteroatoms. The third-order valence-electron chi connectivity index (χ3n) is 5.89. The van der Waals surface area contributed by atoms with Crippen LogP contribution in [0.5, 0.6) is 5.75 Å². The Bertz CT molecular complexity index is 817. The van der Waals surface area contributed by atoms with Gasteiger partial charge in [0.25, 0.3) is 5.91 Å². The molecule has 1 aromatic carbocycles. The van der Waals surface area contributed by atoms with Gasteiger partial charge in [-0.05, 0) is 31.7 Å². The molecule has 3 rings (SSSR count). The van der Waals surface area contributed by atoms with E-state index in [1.807, 2.05) is 0 Å². The minimum atomic E-state index is -0.782. The molecule has 0 aromatic heterocycles. The van der Waals surface area contributed by atoms with Crippen LogP contribution in [0.1, 0.15) is 55.8 Å². The Labute approximate surface area is 180 Å². The number of nitrogens with zero attached hydrogens (tertiary/aromatic N) is 1. The second-order valence-corrected chi connectivity index (χ2v) is 8.38. The molecule has 2 saturated heterocycles. The van der Waals surface area contributed by atoms with Crippen LogP contribution in [0.2, 0.25) is 5.02 Å². The maximum absolute atomic E-state index is 13.0. The lowest BCUT2D eigenvalue weighted by molar-refractivity contribution is -0.138. The Morgan fingerprint density at radius 2 is 1.90 bits per heavy atom. The first-order chi connectivity index (χ1) is 14.3. The minimum absolute atomic E-state index is 0.00683. The minimum Gasteiger partial charge on any atom is -0.496 e. The first-order valence-corrected chi connectivity index (χ1v) is 10.6. The Morgan fingerprint density at radius 3 is 2.47 bits per heavy atom. The van der Waals surface area contributed by atoms with Gasteiger partial charge in [-0.15, -0.1) is 0 Å². The zero-order valence-electron chi connectivity index (χ0n) is 17.2. The lowest BCUT2D eigenvalue weighted by Gasteiger charge is -2.49. The Morgan fingerprint density at radius 1 is 1.23 bits per heavy atom. The molecular formula is C21H28ClN3O5. The SMILES string of the molecule is COc1cc(NC(C)=O)c(Cl)cc1C(=O)NC1CC2CCCC(C1)N2CCC(=O)O. The molecule has 0 aliphatic carbocycles. The molecule has 2 aliphatic heterocycles. The van der Waals surface area contributed by atoms with Gasteiger partial charge in [0, 0.05) is 37.7 Å². The first-order valence-electron chi connectivity index (χ1n) is 10.2. The highest BCUT2D eigenvalue weighted by Crippen LogP contribution is 2.35. The van der Waals surface area contributed by atoms with Gasteiger partial charge in [-0.2, -0.15) is 0 Å². The van der Waals surface area contributed by atoms with Crippen LogP contribution < -0.4 is 15.4 Å². The number of benzene rings is 1. The largest absolute Gasteiger partial charge is 0.496 e. The summed E-state index contributed by atoms with van der Waals surface area (Å²) in [6, 6.07) is 3.63. The van der Waals surface area contributed by atoms with E-state index in [9.17, 15) is 14.4 Å². The van der Waals surface area contributed by atoms with Gasteiger partial charge in [0.05, 0.1) is 29.8 Å². The van der Waals surface area contributed by atoms with E-state index >= 15 is 0 Å². The fourth-order valence-corrected chi connectivity index (χ4v) is 4.85. The monoisotopic (exact) mass is 437 g/mol. The highest BCUT2D eigenvalue weighted by atomic mass is 35.5. The Hall–Kier alpha value is -2.32. The molecule has 2 heterocycles. The number of methoxy groups -OCH3 is 1. The predicted molar refractivity (Wildman–Crippen MR) is 113 cm³/mol. The van der Waals surface area contributed by atoms with E-state index in [2.05, 4.69) is 15.5 Å². The van der Waals surface area contributed by atoms with Crippen molar-refractivity contribution in [3.05, 3.63) is 22.7 Å². The summed E-state index contributed by atoms with van der Waals surface area (Å²) >= 11 is 6.24. The number of rotatable bonds is 7. The number of piperidine rings is 2. The molecule has 2 amide bonds. The highest BCUT2D eigenvalue weighted by Gasteiger charge is 2.38. The van der Waals surface area contributed by atoms with Crippen molar-refractivity contribution in [2.75, 3.05) is 19.0 Å². The molecule has 2 unspecified atom stereocenters. The second kappa shape index (κ2) is 9.66. The summed E-state index contributed by atoms with van der Waals surface area (Å²) in [4.78, 5) is 37.6. The lowest BCUT2D eigenvalue weighted by atomic mass is 9.81. The van der Waals surface area contributed by atoms with Crippen LogP contribution in [-0.2, 0) is 9.59 Å². The maximum Gasteiger partial charge on any atom is 0.304 e. The summed E-state index contributed by atoms with van der Waals surface area (Å²) in [6.45, 7) is 1.93. The van der Waals surface area contributed by atoms with Gasteiger partial charge in [-0.3, -0.25) is 19.3 Å². The zero-order valence-corrected chi connectivity index (χ0v) is 18.0. The molecule has 30 heavy (non-hydrogen) atoms. The molecule has 0 saturated carbocycles. The predicted octanol–water partition coefficient (Wildman–Crippen LogP) is 2.90. The standard InChI is InChI=1S/C21H28ClN3O5/c1-12(26)23-18-11-19(30-2)16(10-17(18)22)21(29)24-13-8-14-4-3-5-15(9-13)25(14)7-6-20(27)28/h10-11,13-15H,3-9H2,1-2H3,(H,23,26)(H,24,29)(H,27,28). The summed E-state index contributed by atoms with van der Waals surface area (Å²) in [5.74, 6) is -0.988. The molecule has 0 radical (unpaired) electrons. The van der Waals surface area contributed by atoms with Crippen molar-refractivity contribution in [1.29, 1.82) is 0 Å². The third kappa shape index (κ3) is 5.23. The third-order valence-corrected chi connectivity index (χ3v) is 6.20. The average molecular weight is 438 g/mol. The average Bonchev–Trinajstić information content (AvgIpc) is 2.66. The quantitative estimate of drug-likeness (QED) is 0.605. The van der Waals surface area contributed by atoms with Crippen molar-refractivity contribution in [3.8, 4) is 5.75 Å². The van der Waals surface area contributed by atoms with Crippen molar-refractivity contribution >= 4 is 35.1 Å². The van der Waals surface area contributed by atoms with Gasteiger partial charge in [-0.1, -0.05) is 18.0 Å². The van der Waals surface area contributed by atoms with Gasteiger partial charge >= 0.3 is 5.97 Å². The topological polar surface area (TPSA) is 108 Å². The summed E-state index contributed by atoms with van der Waals surface area (Å²) in [6.07, 6.45) is 4.89. The van der Waals surface area contributed by atoms with E-state index in [1.54, 1.807) is 6.07 Å². The number of halogens is 1. The van der Waals surface area contributed by atoms with Gasteiger partial charge < -0.3 is 20.5 Å². The Balaban J connectivity index is 1.70. The summed E-state index contributed by atoms with van der Waals surface area (Å²) in [7, 11) is 1.46. The number of carbonyl (C=O) groups excluding carboxylic acids is 2. The zero-order chi connectivity index (χ0) is 21.8. The lowest BCUT2D eigenvalue weighted by Crippen LogP contribution is -2.57. The fraction of sp³-hybridized carbons (Fsp3) is 0.571. The van der Waals surface area contributed by atoms with Gasteiger partial charge in [0.15, 0.2) is 0 Å². The molecule has 2 aliphatic rings. The molecule has 2 fully saturated rings. The van der Waals surface area contributed by atoms with Gasteiger partial charge in [0.1, 0.15) is 5.75 Å². The molecule has 3 N–H and O–H groups in total. The van der Waals surface area contributed by atoms with Crippen LogP contribution in [0.15, 0.2) is 12.1 Å². The molecule has 164 valence electrons. The van der Waals surface area contributed by atoms with Crippen LogP contribution in [-0.4, -0.2) is 59.6 Å². The fourth-order valence-electron chi connectivity index (χ4n) is 4.63. The van der Waals surface area contributed by atoms with Crippen LogP contribution in [0.4, 0.5) is 5.69 Å². The molecule has 8 nitrogen and oxygen atoms in total. The highest BCUT2D eigenvalue weighted by molar-refractivity contribution is 6.34. The maximum atomic E-state index is 13.0. The number of carboxylic acid groups (broad SMARTS) is 1. The molecule has 2 bridgehead atoms. The summed E-state index contributed by atoms with van der Waals surface area (Å²) < 4.78 is 5.34.